The molecule has 6 nitrogen and oxygen atoms in total. The van der Waals surface area contributed by atoms with Gasteiger partial charge in [-0.2, -0.15) is 0 Å². The predicted octanol–water partition coefficient (Wildman–Crippen LogP) is 0.997. The molecule has 2 fully saturated rings. The van der Waals surface area contributed by atoms with E-state index in [1.165, 1.54) is 0 Å². The second-order valence-corrected chi connectivity index (χ2v) is 5.59. The molecule has 0 unspecified atom stereocenters. The minimum absolute atomic E-state index is 0.226. The van der Waals surface area contributed by atoms with E-state index in [0.717, 1.165) is 50.5 Å². The summed E-state index contributed by atoms with van der Waals surface area (Å²) in [6.45, 7) is 7.91. The van der Waals surface area contributed by atoms with E-state index >= 15 is 0 Å². The molecule has 0 atom stereocenters. The minimum atomic E-state index is -0.277. The normalized spacial score (nSPS) is 20.8. The molecule has 0 aliphatic carbocycles. The Balaban J connectivity index is 1.68. The van der Waals surface area contributed by atoms with E-state index in [9.17, 15) is 10.1 Å². The van der Waals surface area contributed by atoms with Crippen molar-refractivity contribution in [1.29, 1.82) is 0 Å². The number of aryl methyl sites for hydroxylation is 1. The van der Waals surface area contributed by atoms with Crippen molar-refractivity contribution < 1.29 is 4.92 Å². The Hall–Kier alpha value is -1.66. The van der Waals surface area contributed by atoms with Gasteiger partial charge in [0.15, 0.2) is 0 Å². The maximum absolute atomic E-state index is 11.2. The molecule has 20 heavy (non-hydrogen) atoms. The number of rotatable bonds is 3. The number of nitro benzene ring substituents is 1. The summed E-state index contributed by atoms with van der Waals surface area (Å²) in [5.41, 5.74) is 1.91. The largest absolute Gasteiger partial charge is 0.363 e. The zero-order valence-corrected chi connectivity index (χ0v) is 11.7. The highest BCUT2D eigenvalue weighted by molar-refractivity contribution is 5.65. The maximum atomic E-state index is 11.2. The van der Waals surface area contributed by atoms with Crippen LogP contribution < -0.4 is 10.2 Å². The van der Waals surface area contributed by atoms with Gasteiger partial charge >= 0.3 is 0 Å². The highest BCUT2D eigenvalue weighted by Gasteiger charge is 2.35. The molecule has 0 bridgehead atoms. The number of nitrogens with zero attached hydrogens (tertiary/aromatic N) is 3. The first kappa shape index (κ1) is 13.3. The fraction of sp³-hybridized carbons (Fsp3) is 0.571. The number of anilines is 1. The van der Waals surface area contributed by atoms with E-state index in [1.54, 1.807) is 6.07 Å². The van der Waals surface area contributed by atoms with Crippen molar-refractivity contribution in [2.45, 2.75) is 13.0 Å². The van der Waals surface area contributed by atoms with E-state index in [0.29, 0.717) is 6.04 Å². The minimum Gasteiger partial charge on any atom is -0.363 e. The topological polar surface area (TPSA) is 61.6 Å². The molecule has 0 spiro atoms. The zero-order chi connectivity index (χ0) is 14.1. The molecular formula is C14H20N4O2. The van der Waals surface area contributed by atoms with E-state index in [2.05, 4.69) is 15.1 Å². The maximum Gasteiger partial charge on any atom is 0.292 e. The van der Waals surface area contributed by atoms with Crippen LogP contribution in [-0.4, -0.2) is 55.1 Å². The van der Waals surface area contributed by atoms with Crippen LogP contribution in [0.2, 0.25) is 0 Å². The third-order valence-corrected chi connectivity index (χ3v) is 4.20. The third kappa shape index (κ3) is 2.48. The molecule has 3 rings (SSSR count). The third-order valence-electron chi connectivity index (χ3n) is 4.20. The number of piperazine rings is 1. The molecule has 0 saturated carbocycles. The van der Waals surface area contributed by atoms with Crippen molar-refractivity contribution in [1.82, 2.24) is 10.2 Å². The fourth-order valence-electron chi connectivity index (χ4n) is 2.98. The fourth-order valence-corrected chi connectivity index (χ4v) is 2.98. The lowest BCUT2D eigenvalue weighted by atomic mass is 10.0. The molecule has 0 amide bonds. The summed E-state index contributed by atoms with van der Waals surface area (Å²) in [4.78, 5) is 15.5. The first-order valence-electron chi connectivity index (χ1n) is 7.10. The number of nitro groups is 1. The summed E-state index contributed by atoms with van der Waals surface area (Å²) in [7, 11) is 0. The number of nitrogens with one attached hydrogen (secondary N) is 1. The molecule has 2 aliphatic heterocycles. The van der Waals surface area contributed by atoms with Crippen molar-refractivity contribution in [2.24, 2.45) is 0 Å². The molecule has 0 aromatic heterocycles. The molecule has 1 aromatic rings. The average molecular weight is 276 g/mol. The van der Waals surface area contributed by atoms with Gasteiger partial charge in [-0.1, -0.05) is 6.07 Å². The van der Waals surface area contributed by atoms with E-state index in [4.69, 9.17) is 0 Å². The van der Waals surface area contributed by atoms with Crippen molar-refractivity contribution in [3.05, 3.63) is 33.9 Å². The molecule has 1 N–H and O–H groups in total. The van der Waals surface area contributed by atoms with Crippen molar-refractivity contribution >= 4 is 11.4 Å². The first-order valence-corrected chi connectivity index (χ1v) is 7.10. The van der Waals surface area contributed by atoms with Gasteiger partial charge in [-0.05, 0) is 18.6 Å². The molecule has 2 saturated heterocycles. The molecule has 2 aliphatic rings. The quantitative estimate of drug-likeness (QED) is 0.659. The van der Waals surface area contributed by atoms with Gasteiger partial charge in [-0.15, -0.1) is 0 Å². The van der Waals surface area contributed by atoms with Gasteiger partial charge in [0.2, 0.25) is 0 Å². The zero-order valence-electron chi connectivity index (χ0n) is 11.7. The van der Waals surface area contributed by atoms with E-state index < -0.39 is 0 Å². The van der Waals surface area contributed by atoms with Crippen LogP contribution in [0.4, 0.5) is 11.4 Å². The van der Waals surface area contributed by atoms with Crippen LogP contribution in [0.15, 0.2) is 18.2 Å². The second kappa shape index (κ2) is 5.38. The number of hydrogen-bond donors (Lipinski definition) is 1. The molecule has 2 heterocycles. The Morgan fingerprint density at radius 3 is 2.65 bits per heavy atom. The summed E-state index contributed by atoms with van der Waals surface area (Å²) in [6, 6.07) is 6.02. The molecule has 6 heteroatoms. The standard InChI is InChI=1S/C14H20N4O2/c1-11-2-3-13(14(8-11)18(19)20)17-9-12(10-17)16-6-4-15-5-7-16/h2-3,8,12,15H,4-7,9-10H2,1H3. The SMILES string of the molecule is Cc1ccc(N2CC(N3CCNCC3)C2)c([N+](=O)[O-])c1. The van der Waals surface area contributed by atoms with Crippen molar-refractivity contribution in [3.63, 3.8) is 0 Å². The van der Waals surface area contributed by atoms with Crippen molar-refractivity contribution in [2.75, 3.05) is 44.2 Å². The molecule has 1 aromatic carbocycles. The Bertz CT molecular complexity index is 508. The van der Waals surface area contributed by atoms with Crippen LogP contribution in [0, 0.1) is 17.0 Å². The van der Waals surface area contributed by atoms with Gasteiger partial charge in [0, 0.05) is 51.4 Å². The van der Waals surface area contributed by atoms with Gasteiger partial charge in [0.05, 0.1) is 4.92 Å². The lowest BCUT2D eigenvalue weighted by Gasteiger charge is -2.47. The van der Waals surface area contributed by atoms with Crippen LogP contribution in [0.3, 0.4) is 0 Å². The Morgan fingerprint density at radius 1 is 1.30 bits per heavy atom. The molecule has 0 radical (unpaired) electrons. The van der Waals surface area contributed by atoms with Crippen LogP contribution in [0.1, 0.15) is 5.56 Å². The van der Waals surface area contributed by atoms with E-state index in [-0.39, 0.29) is 10.6 Å². The highest BCUT2D eigenvalue weighted by Crippen LogP contribution is 2.33. The lowest BCUT2D eigenvalue weighted by Crippen LogP contribution is -2.63. The van der Waals surface area contributed by atoms with Gasteiger partial charge in [0.1, 0.15) is 5.69 Å². The summed E-state index contributed by atoms with van der Waals surface area (Å²) in [6.07, 6.45) is 0. The highest BCUT2D eigenvalue weighted by atomic mass is 16.6. The summed E-state index contributed by atoms with van der Waals surface area (Å²) in [5.74, 6) is 0. The number of benzene rings is 1. The predicted molar refractivity (Wildman–Crippen MR) is 78.3 cm³/mol. The van der Waals surface area contributed by atoms with Crippen molar-refractivity contribution in [3.8, 4) is 0 Å². The van der Waals surface area contributed by atoms with Crippen LogP contribution >= 0.6 is 0 Å². The Morgan fingerprint density at radius 2 is 2.00 bits per heavy atom. The van der Waals surface area contributed by atoms with E-state index in [1.807, 2.05) is 19.1 Å². The van der Waals surface area contributed by atoms with Crippen LogP contribution in [0.25, 0.3) is 0 Å². The van der Waals surface area contributed by atoms with Gasteiger partial charge in [-0.25, -0.2) is 0 Å². The number of hydrogen-bond acceptors (Lipinski definition) is 5. The molecule has 108 valence electrons. The van der Waals surface area contributed by atoms with Gasteiger partial charge < -0.3 is 10.2 Å². The molecular weight excluding hydrogens is 256 g/mol. The summed E-state index contributed by atoms with van der Waals surface area (Å²) in [5, 5.41) is 14.5. The van der Waals surface area contributed by atoms with Crippen LogP contribution in [0.5, 0.6) is 0 Å². The summed E-state index contributed by atoms with van der Waals surface area (Å²) < 4.78 is 0. The van der Waals surface area contributed by atoms with Gasteiger partial charge in [-0.3, -0.25) is 15.0 Å². The average Bonchev–Trinajstić information content (AvgIpc) is 2.39. The first-order chi connectivity index (χ1) is 9.65. The van der Waals surface area contributed by atoms with Gasteiger partial charge in [0.25, 0.3) is 5.69 Å². The smallest absolute Gasteiger partial charge is 0.292 e. The Kier molecular flexibility index (Phi) is 3.58. The lowest BCUT2D eigenvalue weighted by molar-refractivity contribution is -0.384. The Labute approximate surface area is 118 Å². The van der Waals surface area contributed by atoms with Crippen LogP contribution in [-0.2, 0) is 0 Å². The summed E-state index contributed by atoms with van der Waals surface area (Å²) >= 11 is 0. The second-order valence-electron chi connectivity index (χ2n) is 5.59. The monoisotopic (exact) mass is 276 g/mol.